The van der Waals surface area contributed by atoms with Crippen LogP contribution in [0.2, 0.25) is 0 Å². The first-order valence-electron chi connectivity index (χ1n) is 10.1. The van der Waals surface area contributed by atoms with Gasteiger partial charge in [0, 0.05) is 62.9 Å². The number of nitrogens with one attached hydrogen (secondary N) is 1. The fourth-order valence-electron chi connectivity index (χ4n) is 3.93. The van der Waals surface area contributed by atoms with E-state index in [2.05, 4.69) is 42.0 Å². The van der Waals surface area contributed by atoms with Crippen LogP contribution in [0.1, 0.15) is 29.2 Å². The molecule has 1 amide bonds. The van der Waals surface area contributed by atoms with E-state index in [0.29, 0.717) is 19.5 Å². The van der Waals surface area contributed by atoms with Gasteiger partial charge in [-0.25, -0.2) is 19.9 Å². The molecule has 3 heterocycles. The molecule has 2 aliphatic rings. The molecule has 1 fully saturated rings. The predicted octanol–water partition coefficient (Wildman–Crippen LogP) is 0.545. The van der Waals surface area contributed by atoms with E-state index >= 15 is 0 Å². The molecule has 2 aromatic rings. The van der Waals surface area contributed by atoms with E-state index in [4.69, 9.17) is 0 Å². The molecule has 0 bridgehead atoms. The molecule has 28 heavy (non-hydrogen) atoms. The summed E-state index contributed by atoms with van der Waals surface area (Å²) in [4.78, 5) is 34.5. The van der Waals surface area contributed by atoms with E-state index in [1.807, 2.05) is 6.07 Å². The van der Waals surface area contributed by atoms with Gasteiger partial charge in [0.2, 0.25) is 11.9 Å². The summed E-state index contributed by atoms with van der Waals surface area (Å²) in [5.41, 5.74) is 3.63. The van der Waals surface area contributed by atoms with Gasteiger partial charge >= 0.3 is 0 Å². The molecule has 8 heteroatoms. The molecule has 1 saturated heterocycles. The van der Waals surface area contributed by atoms with Crippen LogP contribution in [-0.2, 0) is 24.1 Å². The second kappa shape index (κ2) is 8.60. The normalized spacial score (nSPS) is 16.8. The Morgan fingerprint density at radius 1 is 1.11 bits per heavy atom. The Balaban J connectivity index is 1.19. The summed E-state index contributed by atoms with van der Waals surface area (Å²) >= 11 is 0. The first kappa shape index (κ1) is 18.7. The van der Waals surface area contributed by atoms with E-state index in [1.165, 1.54) is 17.7 Å². The van der Waals surface area contributed by atoms with Crippen LogP contribution in [0.5, 0.6) is 0 Å². The topological polar surface area (TPSA) is 87.1 Å². The lowest BCUT2D eigenvalue weighted by Gasteiger charge is -2.34. The molecular weight excluding hydrogens is 354 g/mol. The summed E-state index contributed by atoms with van der Waals surface area (Å²) in [6.45, 7) is 6.40. The lowest BCUT2D eigenvalue weighted by atomic mass is 10.2. The molecule has 0 radical (unpaired) electrons. The lowest BCUT2D eigenvalue weighted by molar-refractivity contribution is -0.122. The van der Waals surface area contributed by atoms with Gasteiger partial charge in [0.25, 0.3) is 0 Å². The number of hydrogen-bond acceptors (Lipinski definition) is 7. The molecule has 148 valence electrons. The number of carbonyl (C=O) groups excluding carboxylic acids is 1. The minimum absolute atomic E-state index is 0.0577. The largest absolute Gasteiger partial charge is 0.355 e. The maximum Gasteiger partial charge on any atom is 0.234 e. The zero-order valence-corrected chi connectivity index (χ0v) is 16.4. The number of aromatic nitrogens is 4. The number of anilines is 1. The van der Waals surface area contributed by atoms with Gasteiger partial charge in [0.05, 0.1) is 6.54 Å². The van der Waals surface area contributed by atoms with Gasteiger partial charge in [0.15, 0.2) is 0 Å². The van der Waals surface area contributed by atoms with Crippen molar-refractivity contribution in [1.82, 2.24) is 30.2 Å². The van der Waals surface area contributed by atoms with Gasteiger partial charge in [-0.15, -0.1) is 0 Å². The summed E-state index contributed by atoms with van der Waals surface area (Å²) in [5, 5.41) is 3.01. The van der Waals surface area contributed by atoms with Crippen LogP contribution in [-0.4, -0.2) is 70.0 Å². The molecule has 0 aromatic carbocycles. The van der Waals surface area contributed by atoms with E-state index in [1.54, 1.807) is 12.4 Å². The third-order valence-corrected chi connectivity index (χ3v) is 5.43. The third kappa shape index (κ3) is 4.44. The molecule has 0 spiro atoms. The standard InChI is InChI=1S/C20H27N7O/c1-15-16-4-2-5-17(16)25-18(24-15)6-9-21-19(28)14-26-10-12-27(13-11-26)20-22-7-3-8-23-20/h3,7-8H,2,4-6,9-14H2,1H3,(H,21,28). The highest BCUT2D eigenvalue weighted by atomic mass is 16.2. The maximum atomic E-state index is 12.3. The van der Waals surface area contributed by atoms with Crippen LogP contribution >= 0.6 is 0 Å². The smallest absolute Gasteiger partial charge is 0.234 e. The van der Waals surface area contributed by atoms with Crippen molar-refractivity contribution in [3.8, 4) is 0 Å². The highest BCUT2D eigenvalue weighted by Crippen LogP contribution is 2.22. The fraction of sp³-hybridized carbons (Fsp3) is 0.550. The molecule has 8 nitrogen and oxygen atoms in total. The number of rotatable bonds is 6. The van der Waals surface area contributed by atoms with Crippen molar-refractivity contribution in [3.05, 3.63) is 41.2 Å². The van der Waals surface area contributed by atoms with Gasteiger partial charge in [-0.1, -0.05) is 0 Å². The van der Waals surface area contributed by atoms with Crippen LogP contribution in [0.3, 0.4) is 0 Å². The van der Waals surface area contributed by atoms with Crippen LogP contribution in [0, 0.1) is 6.92 Å². The monoisotopic (exact) mass is 381 g/mol. The minimum Gasteiger partial charge on any atom is -0.355 e. The Bertz CT molecular complexity index is 819. The first-order valence-corrected chi connectivity index (χ1v) is 10.1. The van der Waals surface area contributed by atoms with E-state index in [-0.39, 0.29) is 5.91 Å². The van der Waals surface area contributed by atoms with Gasteiger partial charge in [0.1, 0.15) is 5.82 Å². The Kier molecular flexibility index (Phi) is 5.76. The number of carbonyl (C=O) groups is 1. The van der Waals surface area contributed by atoms with E-state index in [0.717, 1.165) is 56.5 Å². The number of fused-ring (bicyclic) bond motifs is 1. The number of piperazine rings is 1. The molecule has 1 N–H and O–H groups in total. The van der Waals surface area contributed by atoms with Crippen LogP contribution in [0.4, 0.5) is 5.95 Å². The molecule has 0 unspecified atom stereocenters. The van der Waals surface area contributed by atoms with Crippen LogP contribution in [0.15, 0.2) is 18.5 Å². The van der Waals surface area contributed by atoms with E-state index in [9.17, 15) is 4.79 Å². The van der Waals surface area contributed by atoms with Crippen molar-refractivity contribution in [2.24, 2.45) is 0 Å². The van der Waals surface area contributed by atoms with Crippen molar-refractivity contribution < 1.29 is 4.79 Å². The van der Waals surface area contributed by atoms with Crippen LogP contribution in [0.25, 0.3) is 0 Å². The van der Waals surface area contributed by atoms with Gasteiger partial charge in [-0.05, 0) is 37.8 Å². The highest BCUT2D eigenvalue weighted by molar-refractivity contribution is 5.78. The second-order valence-electron chi connectivity index (χ2n) is 7.42. The molecule has 2 aromatic heterocycles. The fourth-order valence-corrected chi connectivity index (χ4v) is 3.93. The average Bonchev–Trinajstić information content (AvgIpc) is 3.19. The van der Waals surface area contributed by atoms with E-state index < -0.39 is 0 Å². The molecular formula is C20H27N7O. The average molecular weight is 381 g/mol. The number of hydrogen-bond donors (Lipinski definition) is 1. The third-order valence-electron chi connectivity index (χ3n) is 5.43. The summed E-state index contributed by atoms with van der Waals surface area (Å²) in [6.07, 6.45) is 7.52. The quantitative estimate of drug-likeness (QED) is 0.782. The summed E-state index contributed by atoms with van der Waals surface area (Å²) in [5.74, 6) is 1.66. The first-order chi connectivity index (χ1) is 13.7. The SMILES string of the molecule is Cc1nc(CCNC(=O)CN2CCN(c3ncccn3)CC2)nc2c1CCC2. The number of aryl methyl sites for hydroxylation is 2. The number of amides is 1. The summed E-state index contributed by atoms with van der Waals surface area (Å²) in [6, 6.07) is 1.82. The Morgan fingerprint density at radius 3 is 2.68 bits per heavy atom. The van der Waals surface area contributed by atoms with Crippen molar-refractivity contribution in [2.75, 3.05) is 44.2 Å². The molecule has 1 aliphatic heterocycles. The zero-order chi connectivity index (χ0) is 19.3. The van der Waals surface area contributed by atoms with Crippen LogP contribution < -0.4 is 10.2 Å². The molecule has 0 saturated carbocycles. The predicted molar refractivity (Wildman–Crippen MR) is 106 cm³/mol. The van der Waals surface area contributed by atoms with Gasteiger partial charge in [-0.2, -0.15) is 0 Å². The van der Waals surface area contributed by atoms with Crippen molar-refractivity contribution in [2.45, 2.75) is 32.6 Å². The minimum atomic E-state index is 0.0577. The van der Waals surface area contributed by atoms with Crippen molar-refractivity contribution >= 4 is 11.9 Å². The summed E-state index contributed by atoms with van der Waals surface area (Å²) in [7, 11) is 0. The number of nitrogens with zero attached hydrogens (tertiary/aromatic N) is 6. The Morgan fingerprint density at radius 2 is 1.89 bits per heavy atom. The molecule has 0 atom stereocenters. The second-order valence-corrected chi connectivity index (χ2v) is 7.42. The van der Waals surface area contributed by atoms with Gasteiger partial charge in [-0.3, -0.25) is 9.69 Å². The zero-order valence-electron chi connectivity index (χ0n) is 16.4. The highest BCUT2D eigenvalue weighted by Gasteiger charge is 2.20. The Hall–Kier alpha value is -2.61. The maximum absolute atomic E-state index is 12.3. The van der Waals surface area contributed by atoms with Gasteiger partial charge < -0.3 is 10.2 Å². The van der Waals surface area contributed by atoms with Crippen molar-refractivity contribution in [1.29, 1.82) is 0 Å². The van der Waals surface area contributed by atoms with Crippen molar-refractivity contribution in [3.63, 3.8) is 0 Å². The summed E-state index contributed by atoms with van der Waals surface area (Å²) < 4.78 is 0. The molecule has 4 rings (SSSR count). The Labute approximate surface area is 165 Å². The lowest BCUT2D eigenvalue weighted by Crippen LogP contribution is -2.50. The molecule has 1 aliphatic carbocycles.